The van der Waals surface area contributed by atoms with Gasteiger partial charge in [0.2, 0.25) is 17.7 Å². The highest BCUT2D eigenvalue weighted by molar-refractivity contribution is 5.92. The molecular formula is C27H34N4O7. The van der Waals surface area contributed by atoms with Crippen LogP contribution in [0.1, 0.15) is 31.9 Å². The maximum absolute atomic E-state index is 12.8. The Balaban J connectivity index is 1.84. The van der Waals surface area contributed by atoms with E-state index in [0.29, 0.717) is 0 Å². The first kappa shape index (κ1) is 29.8. The van der Waals surface area contributed by atoms with Gasteiger partial charge in [-0.1, -0.05) is 60.7 Å². The third-order valence-electron chi connectivity index (χ3n) is 4.82. The first-order valence-corrected chi connectivity index (χ1v) is 12.1. The lowest BCUT2D eigenvalue weighted by atomic mass is 10.1. The Morgan fingerprint density at radius 2 is 1.32 bits per heavy atom. The molecule has 0 bridgehead atoms. The highest BCUT2D eigenvalue weighted by Gasteiger charge is 2.22. The second-order valence-corrected chi connectivity index (χ2v) is 9.31. The van der Waals surface area contributed by atoms with Crippen LogP contribution in [0.2, 0.25) is 0 Å². The number of rotatable bonds is 12. The molecule has 4 N–H and O–H groups in total. The Hall–Kier alpha value is -4.41. The summed E-state index contributed by atoms with van der Waals surface area (Å²) < 4.78 is 10.2. The molecule has 0 aromatic heterocycles. The second kappa shape index (κ2) is 15.0. The molecule has 38 heavy (non-hydrogen) atoms. The molecule has 1 atom stereocenters. The minimum Gasteiger partial charge on any atom is -0.460 e. The average Bonchev–Trinajstić information content (AvgIpc) is 2.88. The molecule has 0 aliphatic carbocycles. The fraction of sp³-hybridized carbons (Fsp3) is 0.370. The average molecular weight is 527 g/mol. The Kier molecular flexibility index (Phi) is 11.8. The van der Waals surface area contributed by atoms with Crippen molar-refractivity contribution >= 4 is 29.8 Å². The van der Waals surface area contributed by atoms with Gasteiger partial charge in [-0.05, 0) is 31.9 Å². The molecule has 0 saturated carbocycles. The van der Waals surface area contributed by atoms with Gasteiger partial charge in [-0.25, -0.2) is 4.79 Å². The number of hydrogen-bond donors (Lipinski definition) is 4. The number of nitrogens with one attached hydrogen (secondary N) is 4. The SMILES string of the molecule is CC(C)(C)OC(=O)NCC(=O)NCC(=O)N[C@@H](Cc1ccccc1)C(=O)NCC(=O)OCc1ccccc1. The van der Waals surface area contributed by atoms with Crippen molar-refractivity contribution in [1.29, 1.82) is 0 Å². The van der Waals surface area contributed by atoms with Crippen LogP contribution in [0.5, 0.6) is 0 Å². The molecule has 0 saturated heterocycles. The Bertz CT molecular complexity index is 1090. The van der Waals surface area contributed by atoms with Crippen molar-refractivity contribution in [2.24, 2.45) is 0 Å². The van der Waals surface area contributed by atoms with Crippen LogP contribution in [-0.4, -0.2) is 61.1 Å². The summed E-state index contributed by atoms with van der Waals surface area (Å²) in [5.74, 6) is -2.46. The van der Waals surface area contributed by atoms with E-state index < -0.39 is 48.0 Å². The van der Waals surface area contributed by atoms with Crippen LogP contribution in [0, 0.1) is 0 Å². The highest BCUT2D eigenvalue weighted by atomic mass is 16.6. The molecule has 2 aromatic rings. The predicted octanol–water partition coefficient (Wildman–Crippen LogP) is 1.21. The van der Waals surface area contributed by atoms with E-state index in [1.165, 1.54) is 0 Å². The van der Waals surface area contributed by atoms with Crippen molar-refractivity contribution in [2.45, 2.75) is 45.4 Å². The van der Waals surface area contributed by atoms with Crippen LogP contribution in [0.4, 0.5) is 4.79 Å². The Labute approximate surface area is 221 Å². The summed E-state index contributed by atoms with van der Waals surface area (Å²) >= 11 is 0. The Morgan fingerprint density at radius 3 is 1.92 bits per heavy atom. The molecule has 0 fully saturated rings. The van der Waals surface area contributed by atoms with E-state index in [0.717, 1.165) is 11.1 Å². The molecule has 0 unspecified atom stereocenters. The maximum Gasteiger partial charge on any atom is 0.408 e. The Morgan fingerprint density at radius 1 is 0.737 bits per heavy atom. The van der Waals surface area contributed by atoms with Crippen LogP contribution in [0.3, 0.4) is 0 Å². The van der Waals surface area contributed by atoms with Gasteiger partial charge in [-0.15, -0.1) is 0 Å². The molecule has 11 nitrogen and oxygen atoms in total. The normalized spacial score (nSPS) is 11.4. The fourth-order valence-corrected chi connectivity index (χ4v) is 3.08. The first-order chi connectivity index (χ1) is 18.0. The van der Waals surface area contributed by atoms with Gasteiger partial charge in [0.25, 0.3) is 0 Å². The second-order valence-electron chi connectivity index (χ2n) is 9.31. The van der Waals surface area contributed by atoms with Crippen molar-refractivity contribution < 1.29 is 33.4 Å². The van der Waals surface area contributed by atoms with Gasteiger partial charge < -0.3 is 30.7 Å². The summed E-state index contributed by atoms with van der Waals surface area (Å²) in [6, 6.07) is 17.1. The van der Waals surface area contributed by atoms with Gasteiger partial charge in [0, 0.05) is 6.42 Å². The summed E-state index contributed by atoms with van der Waals surface area (Å²) in [6.07, 6.45) is -0.606. The van der Waals surface area contributed by atoms with Gasteiger partial charge >= 0.3 is 12.1 Å². The van der Waals surface area contributed by atoms with E-state index in [2.05, 4.69) is 21.3 Å². The van der Waals surface area contributed by atoms with E-state index in [1.807, 2.05) is 36.4 Å². The molecule has 4 amide bonds. The number of carbonyl (C=O) groups excluding carboxylic acids is 5. The lowest BCUT2D eigenvalue weighted by Crippen LogP contribution is -2.51. The number of alkyl carbamates (subject to hydrolysis) is 1. The fourth-order valence-electron chi connectivity index (χ4n) is 3.08. The van der Waals surface area contributed by atoms with Gasteiger partial charge in [-0.3, -0.25) is 19.2 Å². The molecule has 2 rings (SSSR count). The molecule has 204 valence electrons. The van der Waals surface area contributed by atoms with Gasteiger partial charge in [0.15, 0.2) is 0 Å². The number of ether oxygens (including phenoxy) is 2. The third kappa shape index (κ3) is 12.5. The van der Waals surface area contributed by atoms with E-state index in [1.54, 1.807) is 45.0 Å². The lowest BCUT2D eigenvalue weighted by Gasteiger charge is -2.20. The minimum atomic E-state index is -1.01. The minimum absolute atomic E-state index is 0.0716. The zero-order valence-electron chi connectivity index (χ0n) is 21.7. The van der Waals surface area contributed by atoms with Crippen molar-refractivity contribution in [3.8, 4) is 0 Å². The van der Waals surface area contributed by atoms with Crippen molar-refractivity contribution in [2.75, 3.05) is 19.6 Å². The molecule has 11 heteroatoms. The topological polar surface area (TPSA) is 152 Å². The summed E-state index contributed by atoms with van der Waals surface area (Å²) in [5.41, 5.74) is 0.878. The zero-order valence-corrected chi connectivity index (χ0v) is 21.7. The largest absolute Gasteiger partial charge is 0.460 e. The molecule has 0 aliphatic rings. The predicted molar refractivity (Wildman–Crippen MR) is 139 cm³/mol. The van der Waals surface area contributed by atoms with E-state index >= 15 is 0 Å². The van der Waals surface area contributed by atoms with Crippen LogP contribution >= 0.6 is 0 Å². The molecule has 0 spiro atoms. The van der Waals surface area contributed by atoms with E-state index in [-0.39, 0.29) is 26.1 Å². The smallest absolute Gasteiger partial charge is 0.408 e. The number of benzene rings is 2. The number of hydrogen-bond acceptors (Lipinski definition) is 7. The highest BCUT2D eigenvalue weighted by Crippen LogP contribution is 2.06. The standard InChI is InChI=1S/C27H34N4O7/c1-27(2,3)38-26(36)30-15-22(32)28-16-23(33)31-21(14-19-10-6-4-7-11-19)25(35)29-17-24(34)37-18-20-12-8-5-9-13-20/h4-13,21H,14-18H2,1-3H3,(H,28,32)(H,29,35)(H,30,36)(H,31,33)/t21-/m0/s1. The van der Waals surface area contributed by atoms with Crippen molar-refractivity contribution in [3.05, 3.63) is 71.8 Å². The quantitative estimate of drug-likeness (QED) is 0.304. The van der Waals surface area contributed by atoms with Crippen LogP contribution < -0.4 is 21.3 Å². The summed E-state index contributed by atoms with van der Waals surface area (Å²) in [4.78, 5) is 61.0. The summed E-state index contributed by atoms with van der Waals surface area (Å²) in [7, 11) is 0. The zero-order chi connectivity index (χ0) is 28.0. The molecule has 2 aromatic carbocycles. The van der Waals surface area contributed by atoms with Gasteiger partial charge in [0.1, 0.15) is 31.3 Å². The monoisotopic (exact) mass is 526 g/mol. The number of carbonyl (C=O) groups is 5. The van der Waals surface area contributed by atoms with Crippen molar-refractivity contribution in [1.82, 2.24) is 21.3 Å². The number of amides is 4. The summed E-state index contributed by atoms with van der Waals surface area (Å²) in [6.45, 7) is 3.95. The summed E-state index contributed by atoms with van der Waals surface area (Å²) in [5, 5.41) is 9.71. The van der Waals surface area contributed by atoms with Crippen LogP contribution in [0.15, 0.2) is 60.7 Å². The van der Waals surface area contributed by atoms with E-state index in [9.17, 15) is 24.0 Å². The van der Waals surface area contributed by atoms with E-state index in [4.69, 9.17) is 9.47 Å². The van der Waals surface area contributed by atoms with Gasteiger partial charge in [0.05, 0.1) is 6.54 Å². The van der Waals surface area contributed by atoms with Crippen LogP contribution in [0.25, 0.3) is 0 Å². The third-order valence-corrected chi connectivity index (χ3v) is 4.82. The maximum atomic E-state index is 12.8. The van der Waals surface area contributed by atoms with Crippen molar-refractivity contribution in [3.63, 3.8) is 0 Å². The molecular weight excluding hydrogens is 492 g/mol. The van der Waals surface area contributed by atoms with Gasteiger partial charge in [-0.2, -0.15) is 0 Å². The molecule has 0 radical (unpaired) electrons. The number of esters is 1. The molecule has 0 aliphatic heterocycles. The lowest BCUT2D eigenvalue weighted by molar-refractivity contribution is -0.145. The first-order valence-electron chi connectivity index (χ1n) is 12.1. The molecule has 0 heterocycles. The van der Waals surface area contributed by atoms with Crippen LogP contribution in [-0.2, 0) is 41.7 Å².